The summed E-state index contributed by atoms with van der Waals surface area (Å²) in [6, 6.07) is 4.14. The van der Waals surface area contributed by atoms with E-state index in [4.69, 9.17) is 5.73 Å². The molecular formula is C12H21N3. The lowest BCUT2D eigenvalue weighted by atomic mass is 10.1. The number of nitrogens with two attached hydrogens (primary N) is 1. The zero-order valence-electron chi connectivity index (χ0n) is 9.90. The molecule has 1 rings (SSSR count). The van der Waals surface area contributed by atoms with E-state index in [1.54, 1.807) is 0 Å². The minimum atomic E-state index is 0.0760. The summed E-state index contributed by atoms with van der Waals surface area (Å²) >= 11 is 0. The van der Waals surface area contributed by atoms with E-state index in [9.17, 15) is 0 Å². The molecule has 0 fully saturated rings. The van der Waals surface area contributed by atoms with E-state index in [2.05, 4.69) is 29.8 Å². The van der Waals surface area contributed by atoms with Crippen molar-refractivity contribution in [3.8, 4) is 0 Å². The van der Waals surface area contributed by atoms with Crippen LogP contribution in [0, 0.1) is 0 Å². The zero-order chi connectivity index (χ0) is 11.3. The lowest BCUT2D eigenvalue weighted by Gasteiger charge is -2.22. The van der Waals surface area contributed by atoms with E-state index in [-0.39, 0.29) is 6.04 Å². The predicted octanol–water partition coefficient (Wildman–Crippen LogP) is 2.34. The van der Waals surface area contributed by atoms with Crippen molar-refractivity contribution < 1.29 is 0 Å². The van der Waals surface area contributed by atoms with Gasteiger partial charge in [0.05, 0.1) is 0 Å². The maximum Gasteiger partial charge on any atom is 0.128 e. The lowest BCUT2D eigenvalue weighted by Crippen LogP contribution is -2.24. The minimum Gasteiger partial charge on any atom is -0.357 e. The fourth-order valence-electron chi connectivity index (χ4n) is 1.59. The Labute approximate surface area is 92.3 Å². The molecule has 0 aliphatic rings. The van der Waals surface area contributed by atoms with Crippen LogP contribution in [-0.4, -0.2) is 18.1 Å². The number of aromatic nitrogens is 1. The normalized spacial score (nSPS) is 12.5. The van der Waals surface area contributed by atoms with Crippen molar-refractivity contribution in [2.24, 2.45) is 5.73 Å². The van der Waals surface area contributed by atoms with E-state index >= 15 is 0 Å². The first-order valence-electron chi connectivity index (χ1n) is 5.65. The number of rotatable bonds is 5. The molecule has 1 heterocycles. The summed E-state index contributed by atoms with van der Waals surface area (Å²) in [4.78, 5) is 6.65. The Morgan fingerprint density at radius 1 is 1.47 bits per heavy atom. The highest BCUT2D eigenvalue weighted by molar-refractivity contribution is 5.41. The summed E-state index contributed by atoms with van der Waals surface area (Å²) in [7, 11) is 0. The predicted molar refractivity (Wildman–Crippen MR) is 65.0 cm³/mol. The van der Waals surface area contributed by atoms with Gasteiger partial charge in [-0.2, -0.15) is 0 Å². The third-order valence-corrected chi connectivity index (χ3v) is 2.49. The first-order chi connectivity index (χ1) is 7.19. The van der Waals surface area contributed by atoms with E-state index in [1.807, 2.05) is 19.2 Å². The van der Waals surface area contributed by atoms with Gasteiger partial charge in [0.15, 0.2) is 0 Å². The van der Waals surface area contributed by atoms with Crippen LogP contribution >= 0.6 is 0 Å². The molecule has 2 N–H and O–H groups in total. The molecule has 0 aromatic carbocycles. The fraction of sp³-hybridized carbons (Fsp3) is 0.583. The van der Waals surface area contributed by atoms with Crippen molar-refractivity contribution in [2.75, 3.05) is 18.0 Å². The van der Waals surface area contributed by atoms with Crippen molar-refractivity contribution in [3.63, 3.8) is 0 Å². The van der Waals surface area contributed by atoms with E-state index in [0.717, 1.165) is 30.9 Å². The number of hydrogen-bond acceptors (Lipinski definition) is 3. The summed E-state index contributed by atoms with van der Waals surface area (Å²) in [5.41, 5.74) is 7.00. The largest absolute Gasteiger partial charge is 0.357 e. The lowest BCUT2D eigenvalue weighted by molar-refractivity contribution is 0.769. The maximum absolute atomic E-state index is 5.85. The average molecular weight is 207 g/mol. The molecular weight excluding hydrogens is 186 g/mol. The van der Waals surface area contributed by atoms with Crippen molar-refractivity contribution in [2.45, 2.75) is 33.2 Å². The number of hydrogen-bond donors (Lipinski definition) is 1. The molecule has 84 valence electrons. The monoisotopic (exact) mass is 207 g/mol. The second-order valence-electron chi connectivity index (χ2n) is 3.82. The van der Waals surface area contributed by atoms with E-state index in [0.29, 0.717) is 0 Å². The first kappa shape index (κ1) is 12.0. The molecule has 0 saturated heterocycles. The van der Waals surface area contributed by atoms with Gasteiger partial charge in [0.2, 0.25) is 0 Å². The van der Waals surface area contributed by atoms with Gasteiger partial charge in [0.1, 0.15) is 5.82 Å². The van der Waals surface area contributed by atoms with Crippen LogP contribution in [0.4, 0.5) is 5.82 Å². The molecule has 0 aliphatic heterocycles. The van der Waals surface area contributed by atoms with Crippen molar-refractivity contribution in [1.29, 1.82) is 0 Å². The second-order valence-corrected chi connectivity index (χ2v) is 3.82. The van der Waals surface area contributed by atoms with Crippen LogP contribution in [0.5, 0.6) is 0 Å². The molecule has 15 heavy (non-hydrogen) atoms. The van der Waals surface area contributed by atoms with Crippen LogP contribution in [0.25, 0.3) is 0 Å². The SMILES string of the molecule is CCCN(CC)c1cc(C(C)N)ccn1. The van der Waals surface area contributed by atoms with Crippen LogP contribution < -0.4 is 10.6 Å². The summed E-state index contributed by atoms with van der Waals surface area (Å²) in [6.07, 6.45) is 2.98. The minimum absolute atomic E-state index is 0.0760. The molecule has 0 amide bonds. The highest BCUT2D eigenvalue weighted by Crippen LogP contribution is 2.16. The molecule has 1 unspecified atom stereocenters. The Kier molecular flexibility index (Phi) is 4.56. The molecule has 0 saturated carbocycles. The molecule has 1 aromatic rings. The van der Waals surface area contributed by atoms with Crippen LogP contribution in [0.2, 0.25) is 0 Å². The van der Waals surface area contributed by atoms with Gasteiger partial charge < -0.3 is 10.6 Å². The maximum atomic E-state index is 5.85. The number of nitrogens with zero attached hydrogens (tertiary/aromatic N) is 2. The van der Waals surface area contributed by atoms with Gasteiger partial charge >= 0.3 is 0 Å². The third kappa shape index (κ3) is 3.20. The smallest absolute Gasteiger partial charge is 0.128 e. The Hall–Kier alpha value is -1.09. The topological polar surface area (TPSA) is 42.1 Å². The van der Waals surface area contributed by atoms with E-state index < -0.39 is 0 Å². The number of pyridine rings is 1. The van der Waals surface area contributed by atoms with Gasteiger partial charge in [-0.15, -0.1) is 0 Å². The Bertz CT molecular complexity index is 297. The highest BCUT2D eigenvalue weighted by atomic mass is 15.2. The standard InChI is InChI=1S/C12H21N3/c1-4-8-15(5-2)12-9-11(10(3)13)6-7-14-12/h6-7,9-10H,4-5,8,13H2,1-3H3. The molecule has 1 aromatic heterocycles. The molecule has 0 bridgehead atoms. The van der Waals surface area contributed by atoms with Crippen LogP contribution in [0.3, 0.4) is 0 Å². The molecule has 3 nitrogen and oxygen atoms in total. The summed E-state index contributed by atoms with van der Waals surface area (Å²) in [5.74, 6) is 1.04. The molecule has 0 spiro atoms. The van der Waals surface area contributed by atoms with Gasteiger partial charge in [0.25, 0.3) is 0 Å². The van der Waals surface area contributed by atoms with Gasteiger partial charge in [0, 0.05) is 25.3 Å². The summed E-state index contributed by atoms with van der Waals surface area (Å²) in [5, 5.41) is 0. The Morgan fingerprint density at radius 2 is 2.20 bits per heavy atom. The average Bonchev–Trinajstić information content (AvgIpc) is 2.26. The third-order valence-electron chi connectivity index (χ3n) is 2.49. The molecule has 3 heteroatoms. The van der Waals surface area contributed by atoms with Crippen molar-refractivity contribution in [1.82, 2.24) is 4.98 Å². The second kappa shape index (κ2) is 5.71. The van der Waals surface area contributed by atoms with Crippen LogP contribution in [0.1, 0.15) is 38.8 Å². The van der Waals surface area contributed by atoms with Gasteiger partial charge in [-0.05, 0) is 38.0 Å². The van der Waals surface area contributed by atoms with Crippen molar-refractivity contribution in [3.05, 3.63) is 23.9 Å². The van der Waals surface area contributed by atoms with Crippen LogP contribution in [0.15, 0.2) is 18.3 Å². The molecule has 0 radical (unpaired) electrons. The number of anilines is 1. The summed E-state index contributed by atoms with van der Waals surface area (Å²) < 4.78 is 0. The van der Waals surface area contributed by atoms with Gasteiger partial charge in [-0.3, -0.25) is 0 Å². The van der Waals surface area contributed by atoms with E-state index in [1.165, 1.54) is 0 Å². The Balaban J connectivity index is 2.87. The van der Waals surface area contributed by atoms with Gasteiger partial charge in [-0.1, -0.05) is 6.92 Å². The highest BCUT2D eigenvalue weighted by Gasteiger charge is 2.06. The molecule has 0 aliphatic carbocycles. The van der Waals surface area contributed by atoms with Crippen LogP contribution in [-0.2, 0) is 0 Å². The quantitative estimate of drug-likeness (QED) is 0.805. The first-order valence-corrected chi connectivity index (χ1v) is 5.65. The van der Waals surface area contributed by atoms with Crippen molar-refractivity contribution >= 4 is 5.82 Å². The molecule has 1 atom stereocenters. The van der Waals surface area contributed by atoms with Gasteiger partial charge in [-0.25, -0.2) is 4.98 Å². The summed E-state index contributed by atoms with van der Waals surface area (Å²) in [6.45, 7) is 8.36. The Morgan fingerprint density at radius 3 is 2.73 bits per heavy atom. The fourth-order valence-corrected chi connectivity index (χ4v) is 1.59. The zero-order valence-corrected chi connectivity index (χ0v) is 9.90.